The molecule has 1 aromatic heterocycles. The van der Waals surface area contributed by atoms with Gasteiger partial charge in [0.05, 0.1) is 5.69 Å². The van der Waals surface area contributed by atoms with Gasteiger partial charge in [0.25, 0.3) is 5.91 Å². The van der Waals surface area contributed by atoms with Crippen LogP contribution in [0.25, 0.3) is 10.1 Å². The summed E-state index contributed by atoms with van der Waals surface area (Å²) in [7, 11) is 0. The maximum absolute atomic E-state index is 12.3. The molecule has 0 saturated carbocycles. The molecule has 2 aromatic rings. The Morgan fingerprint density at radius 2 is 2.16 bits per heavy atom. The van der Waals surface area contributed by atoms with Gasteiger partial charge in [-0.15, -0.1) is 11.3 Å². The Hall–Kier alpha value is -1.07. The minimum Gasteiger partial charge on any atom is -0.397 e. The number of benzene rings is 1. The van der Waals surface area contributed by atoms with Gasteiger partial charge < -0.3 is 11.1 Å². The number of halogens is 1. The first-order valence-electron chi connectivity index (χ1n) is 6.14. The molecule has 0 radical (unpaired) electrons. The predicted octanol–water partition coefficient (Wildman–Crippen LogP) is 4.16. The molecular weight excluding hydrogens is 324 g/mol. The lowest BCUT2D eigenvalue weighted by atomic mass is 10.0. The molecule has 0 atom stereocenters. The Morgan fingerprint density at radius 1 is 1.47 bits per heavy atom. The Bertz CT molecular complexity index is 634. The number of rotatable bonds is 3. The van der Waals surface area contributed by atoms with Crippen molar-refractivity contribution in [3.8, 4) is 0 Å². The molecule has 5 heteroatoms. The van der Waals surface area contributed by atoms with Crippen LogP contribution in [0, 0.1) is 0 Å². The lowest BCUT2D eigenvalue weighted by molar-refractivity contribution is 0.0916. The summed E-state index contributed by atoms with van der Waals surface area (Å²) in [6, 6.07) is 5.86. The van der Waals surface area contributed by atoms with Crippen molar-refractivity contribution in [1.29, 1.82) is 0 Å². The van der Waals surface area contributed by atoms with Gasteiger partial charge in [-0.25, -0.2) is 0 Å². The number of fused-ring (bicyclic) bond motifs is 1. The molecular formula is C14H17BrN2OS. The number of nitrogen functional groups attached to an aromatic ring is 1. The van der Waals surface area contributed by atoms with Gasteiger partial charge >= 0.3 is 0 Å². The topological polar surface area (TPSA) is 55.1 Å². The van der Waals surface area contributed by atoms with Crippen molar-refractivity contribution in [2.75, 3.05) is 5.73 Å². The van der Waals surface area contributed by atoms with Gasteiger partial charge in [-0.1, -0.05) is 28.9 Å². The molecule has 0 aliphatic rings. The molecule has 2 rings (SSSR count). The molecule has 0 unspecified atom stereocenters. The summed E-state index contributed by atoms with van der Waals surface area (Å²) in [5, 5.41) is 3.96. The third kappa shape index (κ3) is 2.92. The highest BCUT2D eigenvalue weighted by Gasteiger charge is 2.22. The van der Waals surface area contributed by atoms with E-state index in [0.29, 0.717) is 10.6 Å². The third-order valence-electron chi connectivity index (χ3n) is 3.23. The molecule has 1 amide bonds. The summed E-state index contributed by atoms with van der Waals surface area (Å²) >= 11 is 4.86. The van der Waals surface area contributed by atoms with Crippen LogP contribution in [-0.4, -0.2) is 11.4 Å². The molecule has 0 bridgehead atoms. The SMILES string of the molecule is CCC(C)(C)NC(=O)c1sc2cc(Br)ccc2c1N. The van der Waals surface area contributed by atoms with Crippen LogP contribution in [0.3, 0.4) is 0 Å². The Morgan fingerprint density at radius 3 is 2.79 bits per heavy atom. The van der Waals surface area contributed by atoms with E-state index >= 15 is 0 Å². The van der Waals surface area contributed by atoms with E-state index < -0.39 is 0 Å². The molecule has 1 aromatic carbocycles. The van der Waals surface area contributed by atoms with E-state index in [2.05, 4.69) is 21.2 Å². The number of nitrogens with two attached hydrogens (primary N) is 1. The highest BCUT2D eigenvalue weighted by molar-refractivity contribution is 9.10. The Kier molecular flexibility index (Phi) is 3.87. The number of thiophene rings is 1. The maximum Gasteiger partial charge on any atom is 0.263 e. The van der Waals surface area contributed by atoms with E-state index in [1.54, 1.807) is 0 Å². The first-order chi connectivity index (χ1) is 8.84. The number of hydrogen-bond acceptors (Lipinski definition) is 3. The van der Waals surface area contributed by atoms with Gasteiger partial charge in [0.2, 0.25) is 0 Å². The van der Waals surface area contributed by atoms with Crippen LogP contribution in [0.2, 0.25) is 0 Å². The van der Waals surface area contributed by atoms with Crippen molar-refractivity contribution in [2.45, 2.75) is 32.7 Å². The monoisotopic (exact) mass is 340 g/mol. The number of nitrogens with one attached hydrogen (secondary N) is 1. The van der Waals surface area contributed by atoms with Crippen molar-refractivity contribution >= 4 is 48.9 Å². The van der Waals surface area contributed by atoms with Gasteiger partial charge in [-0.05, 0) is 32.4 Å². The third-order valence-corrected chi connectivity index (χ3v) is 4.89. The van der Waals surface area contributed by atoms with Crippen LogP contribution < -0.4 is 11.1 Å². The first-order valence-corrected chi connectivity index (χ1v) is 7.75. The van der Waals surface area contributed by atoms with Gasteiger partial charge in [0, 0.05) is 20.1 Å². The molecule has 3 nitrogen and oxygen atoms in total. The summed E-state index contributed by atoms with van der Waals surface area (Å²) in [4.78, 5) is 12.9. The quantitative estimate of drug-likeness (QED) is 0.881. The van der Waals surface area contributed by atoms with Gasteiger partial charge in [0.1, 0.15) is 4.88 Å². The molecule has 102 valence electrons. The molecule has 0 aliphatic heterocycles. The highest BCUT2D eigenvalue weighted by Crippen LogP contribution is 2.35. The number of anilines is 1. The fraction of sp³-hybridized carbons (Fsp3) is 0.357. The van der Waals surface area contributed by atoms with Gasteiger partial charge in [-0.2, -0.15) is 0 Å². The minimum atomic E-state index is -0.222. The summed E-state index contributed by atoms with van der Waals surface area (Å²) < 4.78 is 2.01. The van der Waals surface area contributed by atoms with Crippen LogP contribution in [0.15, 0.2) is 22.7 Å². The molecule has 0 saturated heterocycles. The average Bonchev–Trinajstić information content (AvgIpc) is 2.66. The number of carbonyl (C=O) groups excluding carboxylic acids is 1. The Balaban J connectivity index is 2.40. The van der Waals surface area contributed by atoms with Crippen LogP contribution >= 0.6 is 27.3 Å². The number of carbonyl (C=O) groups is 1. The minimum absolute atomic E-state index is 0.0957. The van der Waals surface area contributed by atoms with Crippen LogP contribution in [0.5, 0.6) is 0 Å². The summed E-state index contributed by atoms with van der Waals surface area (Å²) in [5.74, 6) is -0.0957. The molecule has 3 N–H and O–H groups in total. The van der Waals surface area contributed by atoms with Gasteiger partial charge in [0.15, 0.2) is 0 Å². The Labute approximate surface area is 125 Å². The van der Waals surface area contributed by atoms with E-state index in [0.717, 1.165) is 21.0 Å². The molecule has 19 heavy (non-hydrogen) atoms. The predicted molar refractivity (Wildman–Crippen MR) is 85.8 cm³/mol. The van der Waals surface area contributed by atoms with Crippen molar-refractivity contribution in [1.82, 2.24) is 5.32 Å². The maximum atomic E-state index is 12.3. The lowest BCUT2D eigenvalue weighted by Gasteiger charge is -2.24. The second-order valence-electron chi connectivity index (χ2n) is 5.18. The molecule has 0 spiro atoms. The fourth-order valence-corrected chi connectivity index (χ4v) is 3.28. The zero-order chi connectivity index (χ0) is 14.2. The second-order valence-corrected chi connectivity index (χ2v) is 7.14. The van der Waals surface area contributed by atoms with E-state index in [-0.39, 0.29) is 11.4 Å². The highest BCUT2D eigenvalue weighted by atomic mass is 79.9. The van der Waals surface area contributed by atoms with Crippen molar-refractivity contribution in [3.63, 3.8) is 0 Å². The largest absolute Gasteiger partial charge is 0.397 e. The van der Waals surface area contributed by atoms with Crippen LogP contribution in [0.1, 0.15) is 36.9 Å². The number of amides is 1. The average molecular weight is 341 g/mol. The lowest BCUT2D eigenvalue weighted by Crippen LogP contribution is -2.42. The summed E-state index contributed by atoms with van der Waals surface area (Å²) in [5.41, 5.74) is 6.43. The smallest absolute Gasteiger partial charge is 0.263 e. The summed E-state index contributed by atoms with van der Waals surface area (Å²) in [6.45, 7) is 6.06. The van der Waals surface area contributed by atoms with Gasteiger partial charge in [-0.3, -0.25) is 4.79 Å². The standard InChI is InChI=1S/C14H17BrN2OS/c1-4-14(2,3)17-13(18)12-11(16)9-6-5-8(15)7-10(9)19-12/h5-7H,4,16H2,1-3H3,(H,17,18). The first kappa shape index (κ1) is 14.3. The molecule has 1 heterocycles. The van der Waals surface area contributed by atoms with E-state index in [4.69, 9.17) is 5.73 Å². The fourth-order valence-electron chi connectivity index (χ4n) is 1.71. The van der Waals surface area contributed by atoms with Crippen molar-refractivity contribution < 1.29 is 4.79 Å². The molecule has 0 aliphatic carbocycles. The molecule has 0 fully saturated rings. The van der Waals surface area contributed by atoms with Crippen LogP contribution in [-0.2, 0) is 0 Å². The number of hydrogen-bond donors (Lipinski definition) is 2. The zero-order valence-electron chi connectivity index (χ0n) is 11.2. The van der Waals surface area contributed by atoms with E-state index in [1.807, 2.05) is 39.0 Å². The van der Waals surface area contributed by atoms with Crippen molar-refractivity contribution in [3.05, 3.63) is 27.5 Å². The van der Waals surface area contributed by atoms with Crippen LogP contribution in [0.4, 0.5) is 5.69 Å². The zero-order valence-corrected chi connectivity index (χ0v) is 13.6. The van der Waals surface area contributed by atoms with E-state index in [9.17, 15) is 4.79 Å². The van der Waals surface area contributed by atoms with Crippen molar-refractivity contribution in [2.24, 2.45) is 0 Å². The normalized spacial score (nSPS) is 11.8. The second kappa shape index (κ2) is 5.13. The van der Waals surface area contributed by atoms with E-state index in [1.165, 1.54) is 11.3 Å². The summed E-state index contributed by atoms with van der Waals surface area (Å²) in [6.07, 6.45) is 0.870.